The zero-order chi connectivity index (χ0) is 13.0. The molecular weight excluding hydrogens is 226 g/mol. The molecule has 98 valence electrons. The van der Waals surface area contributed by atoms with E-state index in [1.54, 1.807) is 0 Å². The monoisotopic (exact) mass is 247 g/mol. The van der Waals surface area contributed by atoms with Crippen molar-refractivity contribution in [1.29, 1.82) is 0 Å². The molecule has 0 atom stereocenters. The van der Waals surface area contributed by atoms with Crippen LogP contribution in [0, 0.1) is 6.92 Å². The Kier molecular flexibility index (Phi) is 4.02. The Morgan fingerprint density at radius 3 is 2.89 bits per heavy atom. The number of rotatable bonds is 6. The molecule has 0 saturated carbocycles. The summed E-state index contributed by atoms with van der Waals surface area (Å²) in [6.45, 7) is 6.01. The number of nitrogens with zero attached hydrogens (tertiary/aromatic N) is 4. The van der Waals surface area contributed by atoms with Crippen LogP contribution in [-0.2, 0) is 13.6 Å². The lowest BCUT2D eigenvalue weighted by Gasteiger charge is -2.08. The Hall–Kier alpha value is -1.78. The van der Waals surface area contributed by atoms with Crippen LogP contribution in [0.4, 0.5) is 5.95 Å². The molecule has 0 aromatic carbocycles. The van der Waals surface area contributed by atoms with Crippen molar-refractivity contribution in [3.63, 3.8) is 0 Å². The van der Waals surface area contributed by atoms with Gasteiger partial charge in [0.05, 0.1) is 12.2 Å². The van der Waals surface area contributed by atoms with Gasteiger partial charge in [-0.3, -0.25) is 4.68 Å². The zero-order valence-corrected chi connectivity index (χ0v) is 11.3. The fraction of sp³-hybridized carbons (Fsp3) is 0.538. The number of unbranched alkanes of at least 4 members (excludes halogenated alkanes) is 1. The summed E-state index contributed by atoms with van der Waals surface area (Å²) in [6, 6.07) is 0. The van der Waals surface area contributed by atoms with Crippen LogP contribution in [0.3, 0.4) is 0 Å². The molecule has 18 heavy (non-hydrogen) atoms. The number of imidazole rings is 1. The van der Waals surface area contributed by atoms with E-state index < -0.39 is 0 Å². The Labute approximate surface area is 108 Å². The number of anilines is 1. The van der Waals surface area contributed by atoms with E-state index in [1.807, 2.05) is 31.0 Å². The second-order valence-corrected chi connectivity index (χ2v) is 4.57. The average Bonchev–Trinajstić information content (AvgIpc) is 2.88. The summed E-state index contributed by atoms with van der Waals surface area (Å²) in [7, 11) is 1.95. The number of nitrogens with one attached hydrogen (secondary N) is 1. The van der Waals surface area contributed by atoms with Gasteiger partial charge in [-0.05, 0) is 13.3 Å². The summed E-state index contributed by atoms with van der Waals surface area (Å²) >= 11 is 0. The van der Waals surface area contributed by atoms with Crippen molar-refractivity contribution >= 4 is 5.95 Å². The quantitative estimate of drug-likeness (QED) is 0.796. The average molecular weight is 247 g/mol. The van der Waals surface area contributed by atoms with Gasteiger partial charge < -0.3 is 9.88 Å². The summed E-state index contributed by atoms with van der Waals surface area (Å²) in [6.07, 6.45) is 8.25. The smallest absolute Gasteiger partial charge is 0.203 e. The van der Waals surface area contributed by atoms with Crippen molar-refractivity contribution in [2.24, 2.45) is 7.05 Å². The van der Waals surface area contributed by atoms with Crippen LogP contribution in [-0.4, -0.2) is 25.9 Å². The number of aromatic nitrogens is 4. The lowest BCUT2D eigenvalue weighted by Crippen LogP contribution is -2.09. The largest absolute Gasteiger partial charge is 0.356 e. The fourth-order valence-corrected chi connectivity index (χ4v) is 1.97. The highest BCUT2D eigenvalue weighted by atomic mass is 15.3. The molecule has 0 aliphatic heterocycles. The van der Waals surface area contributed by atoms with Crippen LogP contribution in [0.2, 0.25) is 0 Å². The normalized spacial score (nSPS) is 10.8. The van der Waals surface area contributed by atoms with E-state index in [9.17, 15) is 0 Å². The van der Waals surface area contributed by atoms with E-state index in [0.717, 1.165) is 24.7 Å². The molecule has 0 aliphatic carbocycles. The Morgan fingerprint density at radius 1 is 1.39 bits per heavy atom. The molecule has 5 heteroatoms. The van der Waals surface area contributed by atoms with Gasteiger partial charge >= 0.3 is 0 Å². The van der Waals surface area contributed by atoms with E-state index in [0.29, 0.717) is 0 Å². The van der Waals surface area contributed by atoms with Crippen molar-refractivity contribution < 1.29 is 0 Å². The van der Waals surface area contributed by atoms with E-state index in [1.165, 1.54) is 18.4 Å². The van der Waals surface area contributed by atoms with Crippen molar-refractivity contribution in [2.75, 3.05) is 11.9 Å². The van der Waals surface area contributed by atoms with Gasteiger partial charge in [-0.15, -0.1) is 0 Å². The van der Waals surface area contributed by atoms with Crippen LogP contribution >= 0.6 is 0 Å². The molecule has 2 heterocycles. The van der Waals surface area contributed by atoms with E-state index in [2.05, 4.69) is 33.1 Å². The van der Waals surface area contributed by atoms with E-state index in [4.69, 9.17) is 0 Å². The molecule has 0 bridgehead atoms. The first-order chi connectivity index (χ1) is 8.70. The molecule has 0 fully saturated rings. The highest BCUT2D eigenvalue weighted by Gasteiger charge is 2.07. The first-order valence-corrected chi connectivity index (χ1v) is 6.45. The van der Waals surface area contributed by atoms with Crippen molar-refractivity contribution in [3.8, 4) is 0 Å². The molecule has 5 nitrogen and oxygen atoms in total. The van der Waals surface area contributed by atoms with Crippen LogP contribution in [0.15, 0.2) is 18.6 Å². The first-order valence-electron chi connectivity index (χ1n) is 6.45. The van der Waals surface area contributed by atoms with Crippen molar-refractivity contribution in [3.05, 3.63) is 29.8 Å². The van der Waals surface area contributed by atoms with Gasteiger partial charge in [-0.1, -0.05) is 13.3 Å². The molecule has 0 unspecified atom stereocenters. The van der Waals surface area contributed by atoms with Crippen LogP contribution in [0.25, 0.3) is 0 Å². The Morgan fingerprint density at radius 2 is 2.22 bits per heavy atom. The molecule has 1 N–H and O–H groups in total. The summed E-state index contributed by atoms with van der Waals surface area (Å²) in [5.74, 6) is 0.937. The molecule has 0 amide bonds. The molecule has 0 aliphatic rings. The highest BCUT2D eigenvalue weighted by molar-refractivity contribution is 5.28. The lowest BCUT2D eigenvalue weighted by atomic mass is 10.2. The van der Waals surface area contributed by atoms with E-state index >= 15 is 0 Å². The topological polar surface area (TPSA) is 47.7 Å². The maximum absolute atomic E-state index is 4.36. The Balaban J connectivity index is 2.05. The maximum Gasteiger partial charge on any atom is 0.203 e. The van der Waals surface area contributed by atoms with Gasteiger partial charge in [0, 0.05) is 37.7 Å². The summed E-state index contributed by atoms with van der Waals surface area (Å²) in [5, 5.41) is 7.72. The molecule has 2 rings (SSSR count). The zero-order valence-electron chi connectivity index (χ0n) is 11.3. The predicted molar refractivity (Wildman–Crippen MR) is 72.7 cm³/mol. The molecular formula is C13H21N5. The van der Waals surface area contributed by atoms with Gasteiger partial charge in [0.2, 0.25) is 5.95 Å². The SMILES string of the molecule is CCCCNc1nccn1Cc1cn(C)nc1C. The van der Waals surface area contributed by atoms with Gasteiger partial charge in [0.25, 0.3) is 0 Å². The summed E-state index contributed by atoms with van der Waals surface area (Å²) in [5.41, 5.74) is 2.31. The van der Waals surface area contributed by atoms with Gasteiger partial charge in [0.15, 0.2) is 0 Å². The second kappa shape index (κ2) is 5.71. The third-order valence-corrected chi connectivity index (χ3v) is 2.98. The number of aryl methyl sites for hydroxylation is 2. The van der Waals surface area contributed by atoms with Crippen molar-refractivity contribution in [2.45, 2.75) is 33.2 Å². The fourth-order valence-electron chi connectivity index (χ4n) is 1.97. The minimum absolute atomic E-state index is 0.814. The summed E-state index contributed by atoms with van der Waals surface area (Å²) in [4.78, 5) is 4.35. The second-order valence-electron chi connectivity index (χ2n) is 4.57. The first kappa shape index (κ1) is 12.7. The third kappa shape index (κ3) is 2.91. The number of hydrogen-bond acceptors (Lipinski definition) is 3. The lowest BCUT2D eigenvalue weighted by molar-refractivity contribution is 0.755. The van der Waals surface area contributed by atoms with Crippen LogP contribution < -0.4 is 5.32 Å². The standard InChI is InChI=1S/C13H21N5/c1-4-5-6-14-13-15-7-8-18(13)10-12-9-17(3)16-11(12)2/h7-9H,4-6,10H2,1-3H3,(H,14,15). The van der Waals surface area contributed by atoms with E-state index in [-0.39, 0.29) is 0 Å². The molecule has 2 aromatic rings. The number of hydrogen-bond donors (Lipinski definition) is 1. The van der Waals surface area contributed by atoms with Crippen LogP contribution in [0.1, 0.15) is 31.0 Å². The molecule has 2 aromatic heterocycles. The minimum atomic E-state index is 0.814. The summed E-state index contributed by atoms with van der Waals surface area (Å²) < 4.78 is 3.98. The van der Waals surface area contributed by atoms with Gasteiger partial charge in [-0.25, -0.2) is 4.98 Å². The minimum Gasteiger partial charge on any atom is -0.356 e. The predicted octanol–water partition coefficient (Wildman–Crippen LogP) is 2.19. The maximum atomic E-state index is 4.36. The Bertz CT molecular complexity index is 497. The van der Waals surface area contributed by atoms with Crippen LogP contribution in [0.5, 0.6) is 0 Å². The van der Waals surface area contributed by atoms with Crippen molar-refractivity contribution in [1.82, 2.24) is 19.3 Å². The molecule has 0 radical (unpaired) electrons. The third-order valence-electron chi connectivity index (χ3n) is 2.98. The highest BCUT2D eigenvalue weighted by Crippen LogP contribution is 2.11. The molecule has 0 spiro atoms. The van der Waals surface area contributed by atoms with Gasteiger partial charge in [0.1, 0.15) is 0 Å². The van der Waals surface area contributed by atoms with Gasteiger partial charge in [-0.2, -0.15) is 5.10 Å². The molecule has 0 saturated heterocycles.